The maximum absolute atomic E-state index is 5.50. The van der Waals surface area contributed by atoms with Crippen molar-refractivity contribution in [3.63, 3.8) is 0 Å². The second kappa shape index (κ2) is 17.5. The van der Waals surface area contributed by atoms with Crippen LogP contribution < -0.4 is 0 Å². The maximum Gasteiger partial charge on any atom is 0.0873 e. The fourth-order valence-corrected chi connectivity index (χ4v) is 2.21. The molecular weight excluding hydrogens is 232 g/mol. The number of unbranched alkanes of at least 4 members (excludes halogenated alkanes) is 11. The Labute approximate surface area is 121 Å². The van der Waals surface area contributed by atoms with E-state index in [0.717, 1.165) is 6.61 Å². The third-order valence-electron chi connectivity index (χ3n) is 3.53. The minimum atomic E-state index is 0.902. The van der Waals surface area contributed by atoms with Crippen LogP contribution in [0.15, 0.2) is 12.3 Å². The smallest absolute Gasteiger partial charge is 0.0873 e. The molecule has 0 bridgehead atoms. The SMILES string of the molecule is CCCCCCCCC=COCCCCCCCC. The summed E-state index contributed by atoms with van der Waals surface area (Å²) in [6.45, 7) is 5.43. The summed E-state index contributed by atoms with van der Waals surface area (Å²) in [4.78, 5) is 0. The summed E-state index contributed by atoms with van der Waals surface area (Å²) >= 11 is 0. The van der Waals surface area contributed by atoms with E-state index in [1.54, 1.807) is 0 Å². The quantitative estimate of drug-likeness (QED) is 0.239. The molecule has 0 amide bonds. The predicted octanol–water partition coefficient (Wildman–Crippen LogP) is 6.63. The molecule has 0 atom stereocenters. The molecule has 0 fully saturated rings. The largest absolute Gasteiger partial charge is 0.502 e. The summed E-state index contributed by atoms with van der Waals surface area (Å²) < 4.78 is 5.50. The van der Waals surface area contributed by atoms with Gasteiger partial charge in [0.25, 0.3) is 0 Å². The fraction of sp³-hybridized carbons (Fsp3) is 0.889. The minimum absolute atomic E-state index is 0.902. The molecule has 0 rings (SSSR count). The standard InChI is InChI=1S/C18H36O/c1-3-5-7-9-11-12-14-16-18-19-17-15-13-10-8-6-4-2/h16,18H,3-15,17H2,1-2H3. The molecule has 0 aliphatic heterocycles. The Morgan fingerprint density at radius 2 is 1.16 bits per heavy atom. The Morgan fingerprint density at radius 3 is 1.79 bits per heavy atom. The molecule has 1 nitrogen and oxygen atoms in total. The van der Waals surface area contributed by atoms with Crippen LogP contribution in [0.5, 0.6) is 0 Å². The summed E-state index contributed by atoms with van der Waals surface area (Å²) in [5, 5.41) is 0. The van der Waals surface area contributed by atoms with Gasteiger partial charge < -0.3 is 4.74 Å². The van der Waals surface area contributed by atoms with E-state index < -0.39 is 0 Å². The van der Waals surface area contributed by atoms with Crippen LogP contribution in [0.25, 0.3) is 0 Å². The van der Waals surface area contributed by atoms with Crippen molar-refractivity contribution >= 4 is 0 Å². The zero-order valence-corrected chi connectivity index (χ0v) is 13.5. The molecule has 0 aliphatic carbocycles. The summed E-state index contributed by atoms with van der Waals surface area (Å²) in [6, 6.07) is 0. The zero-order chi connectivity index (χ0) is 14.0. The number of allylic oxidation sites excluding steroid dienone is 1. The second-order valence-electron chi connectivity index (χ2n) is 5.57. The summed E-state index contributed by atoms with van der Waals surface area (Å²) in [6.07, 6.45) is 21.6. The van der Waals surface area contributed by atoms with Gasteiger partial charge in [0.1, 0.15) is 0 Å². The molecule has 114 valence electrons. The number of hydrogen-bond donors (Lipinski definition) is 0. The highest BCUT2D eigenvalue weighted by atomic mass is 16.5. The third kappa shape index (κ3) is 17.5. The molecule has 0 radical (unpaired) electrons. The highest BCUT2D eigenvalue weighted by molar-refractivity contribution is 4.73. The average molecular weight is 268 g/mol. The van der Waals surface area contributed by atoms with Crippen molar-refractivity contribution in [3.8, 4) is 0 Å². The van der Waals surface area contributed by atoms with E-state index in [9.17, 15) is 0 Å². The van der Waals surface area contributed by atoms with Crippen molar-refractivity contribution in [2.75, 3.05) is 6.61 Å². The molecule has 0 saturated heterocycles. The fourth-order valence-electron chi connectivity index (χ4n) is 2.21. The monoisotopic (exact) mass is 268 g/mol. The van der Waals surface area contributed by atoms with E-state index in [2.05, 4.69) is 19.9 Å². The first kappa shape index (κ1) is 18.5. The maximum atomic E-state index is 5.50. The zero-order valence-electron chi connectivity index (χ0n) is 13.5. The van der Waals surface area contributed by atoms with Crippen LogP contribution in [-0.4, -0.2) is 6.61 Å². The van der Waals surface area contributed by atoms with Crippen molar-refractivity contribution in [1.29, 1.82) is 0 Å². The van der Waals surface area contributed by atoms with Crippen LogP contribution in [-0.2, 0) is 4.74 Å². The van der Waals surface area contributed by atoms with Gasteiger partial charge in [-0.05, 0) is 25.3 Å². The van der Waals surface area contributed by atoms with Gasteiger partial charge in [0.05, 0.1) is 12.9 Å². The summed E-state index contributed by atoms with van der Waals surface area (Å²) in [5.41, 5.74) is 0. The summed E-state index contributed by atoms with van der Waals surface area (Å²) in [5.74, 6) is 0. The van der Waals surface area contributed by atoms with E-state index in [-0.39, 0.29) is 0 Å². The van der Waals surface area contributed by atoms with Gasteiger partial charge in [-0.15, -0.1) is 0 Å². The van der Waals surface area contributed by atoms with Crippen LogP contribution in [0.1, 0.15) is 97.3 Å². The second-order valence-corrected chi connectivity index (χ2v) is 5.57. The van der Waals surface area contributed by atoms with Gasteiger partial charge in [-0.25, -0.2) is 0 Å². The highest BCUT2D eigenvalue weighted by Gasteiger charge is 1.90. The van der Waals surface area contributed by atoms with Crippen molar-refractivity contribution in [2.45, 2.75) is 97.3 Å². The predicted molar refractivity (Wildman–Crippen MR) is 86.5 cm³/mol. The van der Waals surface area contributed by atoms with Crippen LogP contribution in [0, 0.1) is 0 Å². The Balaban J connectivity index is 3.01. The topological polar surface area (TPSA) is 9.23 Å². The molecule has 0 aromatic rings. The average Bonchev–Trinajstić information content (AvgIpc) is 2.43. The number of hydrogen-bond acceptors (Lipinski definition) is 1. The van der Waals surface area contributed by atoms with Crippen LogP contribution >= 0.6 is 0 Å². The van der Waals surface area contributed by atoms with E-state index in [4.69, 9.17) is 4.74 Å². The highest BCUT2D eigenvalue weighted by Crippen LogP contribution is 2.07. The van der Waals surface area contributed by atoms with E-state index in [1.165, 1.54) is 83.5 Å². The van der Waals surface area contributed by atoms with E-state index in [0.29, 0.717) is 0 Å². The normalized spacial score (nSPS) is 11.3. The van der Waals surface area contributed by atoms with Crippen LogP contribution in [0.3, 0.4) is 0 Å². The van der Waals surface area contributed by atoms with Gasteiger partial charge in [0, 0.05) is 0 Å². The first-order valence-corrected chi connectivity index (χ1v) is 8.68. The molecule has 0 heterocycles. The molecule has 0 aliphatic rings. The van der Waals surface area contributed by atoms with Crippen molar-refractivity contribution < 1.29 is 4.74 Å². The number of rotatable bonds is 15. The Morgan fingerprint density at radius 1 is 0.632 bits per heavy atom. The first-order chi connectivity index (χ1) is 9.41. The van der Waals surface area contributed by atoms with Crippen LogP contribution in [0.2, 0.25) is 0 Å². The van der Waals surface area contributed by atoms with Gasteiger partial charge in [-0.2, -0.15) is 0 Å². The van der Waals surface area contributed by atoms with Crippen molar-refractivity contribution in [3.05, 3.63) is 12.3 Å². The lowest BCUT2D eigenvalue weighted by atomic mass is 10.1. The molecular formula is C18H36O. The molecule has 1 heteroatoms. The van der Waals surface area contributed by atoms with Crippen molar-refractivity contribution in [1.82, 2.24) is 0 Å². The van der Waals surface area contributed by atoms with Gasteiger partial charge in [0.15, 0.2) is 0 Å². The molecule has 0 spiro atoms. The Bertz CT molecular complexity index is 175. The lowest BCUT2D eigenvalue weighted by molar-refractivity contribution is 0.239. The van der Waals surface area contributed by atoms with Gasteiger partial charge in [0.2, 0.25) is 0 Å². The van der Waals surface area contributed by atoms with Gasteiger partial charge in [-0.1, -0.05) is 78.1 Å². The molecule has 0 aromatic carbocycles. The lowest BCUT2D eigenvalue weighted by Crippen LogP contribution is -1.88. The molecule has 0 N–H and O–H groups in total. The first-order valence-electron chi connectivity index (χ1n) is 8.68. The summed E-state index contributed by atoms with van der Waals surface area (Å²) in [7, 11) is 0. The molecule has 19 heavy (non-hydrogen) atoms. The van der Waals surface area contributed by atoms with Crippen molar-refractivity contribution in [2.24, 2.45) is 0 Å². The Hall–Kier alpha value is -0.460. The molecule has 0 saturated carbocycles. The van der Waals surface area contributed by atoms with E-state index in [1.807, 2.05) is 6.26 Å². The molecule has 0 aromatic heterocycles. The van der Waals surface area contributed by atoms with Gasteiger partial charge in [-0.3, -0.25) is 0 Å². The van der Waals surface area contributed by atoms with E-state index >= 15 is 0 Å². The Kier molecular flexibility index (Phi) is 17.1. The van der Waals surface area contributed by atoms with Gasteiger partial charge >= 0.3 is 0 Å². The third-order valence-corrected chi connectivity index (χ3v) is 3.53. The molecule has 0 unspecified atom stereocenters. The minimum Gasteiger partial charge on any atom is -0.502 e. The number of ether oxygens (including phenoxy) is 1. The lowest BCUT2D eigenvalue weighted by Gasteiger charge is -2.01. The van der Waals surface area contributed by atoms with Crippen LogP contribution in [0.4, 0.5) is 0 Å².